The molecule has 0 atom stereocenters. The summed E-state index contributed by atoms with van der Waals surface area (Å²) in [4.78, 5) is 31.8. The number of amides is 2. The smallest absolute Gasteiger partial charge is 0.391 e. The number of nitrogens with one attached hydrogen (secondary N) is 1. The van der Waals surface area contributed by atoms with E-state index in [-0.39, 0.29) is 74.4 Å². The van der Waals surface area contributed by atoms with Crippen LogP contribution in [0.3, 0.4) is 0 Å². The fourth-order valence-corrected chi connectivity index (χ4v) is 2.08. The van der Waals surface area contributed by atoms with Crippen LogP contribution < -0.4 is 56.7 Å². The van der Waals surface area contributed by atoms with Crippen LogP contribution in [-0.4, -0.2) is 18.1 Å². The summed E-state index contributed by atoms with van der Waals surface area (Å²) in [5.41, 5.74) is 0.989. The van der Waals surface area contributed by atoms with Crippen molar-refractivity contribution in [3.63, 3.8) is 0 Å². The predicted octanol–water partition coefficient (Wildman–Crippen LogP) is -1.20. The van der Waals surface area contributed by atoms with Crippen molar-refractivity contribution in [1.29, 1.82) is 0 Å². The third-order valence-electron chi connectivity index (χ3n) is 3.89. The van der Waals surface area contributed by atoms with E-state index in [4.69, 9.17) is 0 Å². The Hall–Kier alpha value is -0.664. The van der Waals surface area contributed by atoms with Crippen molar-refractivity contribution < 1.29 is 70.2 Å². The van der Waals surface area contributed by atoms with Gasteiger partial charge in [-0.15, -0.1) is 12.5 Å². The van der Waals surface area contributed by atoms with Gasteiger partial charge >= 0.3 is 51.4 Å². The minimum absolute atomic E-state index is 0. The molecule has 6 heteroatoms. The summed E-state index contributed by atoms with van der Waals surface area (Å²) >= 11 is 0. The molecule has 1 spiro atoms. The van der Waals surface area contributed by atoms with Gasteiger partial charge < -0.3 is 21.3 Å². The first-order chi connectivity index (χ1) is 9.89. The van der Waals surface area contributed by atoms with E-state index in [1.54, 1.807) is 19.6 Å². The predicted molar refractivity (Wildman–Crippen MR) is 74.1 cm³/mol. The van der Waals surface area contributed by atoms with Gasteiger partial charge in [-0.3, -0.25) is 22.8 Å². The molecule has 1 aromatic carbocycles. The quantitative estimate of drug-likeness (QED) is 0.400. The molecule has 0 radical (unpaired) electrons. The molecule has 3 rings (SSSR count). The van der Waals surface area contributed by atoms with E-state index in [0.717, 1.165) is 12.8 Å². The molecule has 1 saturated carbocycles. The number of rotatable bonds is 1. The zero-order chi connectivity index (χ0) is 15.6. The van der Waals surface area contributed by atoms with Gasteiger partial charge in [0.1, 0.15) is 0 Å². The molecule has 1 aliphatic heterocycles. The maximum atomic E-state index is 12.7. The van der Waals surface area contributed by atoms with Crippen LogP contribution in [0.15, 0.2) is 12.1 Å². The monoisotopic (exact) mass is 327 g/mol. The second-order valence-corrected chi connectivity index (χ2v) is 5.31. The third kappa shape index (κ3) is 4.20. The van der Waals surface area contributed by atoms with E-state index in [0.29, 0.717) is 23.1 Å². The van der Waals surface area contributed by atoms with Crippen LogP contribution in [-0.2, 0) is 14.4 Å². The summed E-state index contributed by atoms with van der Waals surface area (Å²) < 4.78 is 12.7. The average molecular weight is 327 g/mol. The Morgan fingerprint density at radius 1 is 1.36 bits per heavy atom. The van der Waals surface area contributed by atoms with Crippen LogP contribution in [0.4, 0.5) is 4.39 Å². The van der Waals surface area contributed by atoms with Crippen molar-refractivity contribution in [3.05, 3.63) is 48.0 Å². The Kier molecular flexibility index (Phi) is 6.82. The molecule has 0 bridgehead atoms. The average Bonchev–Trinajstić information content (AvgIpc) is 3.23. The molecule has 1 saturated heterocycles. The van der Waals surface area contributed by atoms with E-state index in [2.05, 4.69) is 12.2 Å². The van der Waals surface area contributed by atoms with Gasteiger partial charge in [-0.1, -0.05) is 6.92 Å². The van der Waals surface area contributed by atoms with Gasteiger partial charge in [-0.25, -0.2) is 10.5 Å². The molecule has 1 N–H and O–H groups in total. The number of hydrogen-bond acceptors (Lipinski definition) is 3. The van der Waals surface area contributed by atoms with Gasteiger partial charge in [0.25, 0.3) is 0 Å². The van der Waals surface area contributed by atoms with Crippen LogP contribution in [0.25, 0.3) is 0 Å². The molecule has 4 nitrogen and oxygen atoms in total. The standard InChI is InChI=1S/C9H7FO.C7H8NO2.K/c1-6-7(2)9(10)4-3-8(6)5-11;9-5-1-2-7(3-4-7)6(10)8-5;/h3-4H,1H2,2H3;1H,2-4H2,(H,8,9,10);/q-2;-1;+1. The first-order valence-electron chi connectivity index (χ1n) is 6.57. The number of carbonyl (C=O) groups is 2. The van der Waals surface area contributed by atoms with Gasteiger partial charge in [0.15, 0.2) is 0 Å². The molecule has 0 aromatic heterocycles. The summed E-state index contributed by atoms with van der Waals surface area (Å²) in [6.07, 6.45) is 5.79. The fraction of sp³-hybridized carbons (Fsp3) is 0.312. The minimum atomic E-state index is -0.339. The molecule has 22 heavy (non-hydrogen) atoms. The van der Waals surface area contributed by atoms with Gasteiger partial charge in [0.2, 0.25) is 5.91 Å². The normalized spacial score (nSPS) is 17.4. The van der Waals surface area contributed by atoms with Gasteiger partial charge in [0, 0.05) is 11.2 Å². The second-order valence-electron chi connectivity index (χ2n) is 5.31. The number of carbonyl (C=O) groups excluding carboxylic acids is 3. The van der Waals surface area contributed by atoms with Crippen LogP contribution in [0.1, 0.15) is 36.0 Å². The SMILES string of the molecule is O=C1[CH-]CC2(CC2)C(=O)N1.[CH2-]c1c([C-]=O)ccc(F)c1C.[K+]. The van der Waals surface area contributed by atoms with Crippen molar-refractivity contribution in [2.24, 2.45) is 5.41 Å². The molecule has 2 fully saturated rings. The van der Waals surface area contributed by atoms with Crippen molar-refractivity contribution >= 4 is 18.1 Å². The molecule has 2 aliphatic rings. The summed E-state index contributed by atoms with van der Waals surface area (Å²) in [6, 6.07) is 2.61. The molecule has 1 aromatic rings. The Labute approximate surface area is 171 Å². The topological polar surface area (TPSA) is 63.2 Å². The van der Waals surface area contributed by atoms with Gasteiger partial charge in [-0.2, -0.15) is 5.56 Å². The molecule has 2 amide bonds. The van der Waals surface area contributed by atoms with E-state index in [9.17, 15) is 18.8 Å². The summed E-state index contributed by atoms with van der Waals surface area (Å²) in [6.45, 7) is 5.13. The summed E-state index contributed by atoms with van der Waals surface area (Å²) in [7, 11) is 0. The molecular weight excluding hydrogens is 312 g/mol. The molecule has 0 unspecified atom stereocenters. The molecule has 1 heterocycles. The maximum absolute atomic E-state index is 12.7. The Morgan fingerprint density at radius 3 is 2.50 bits per heavy atom. The van der Waals surface area contributed by atoms with Crippen LogP contribution in [0.2, 0.25) is 0 Å². The number of imide groups is 1. The van der Waals surface area contributed by atoms with E-state index in [1.807, 2.05) is 0 Å². The van der Waals surface area contributed by atoms with Crippen molar-refractivity contribution in [1.82, 2.24) is 5.32 Å². The van der Waals surface area contributed by atoms with Gasteiger partial charge in [-0.05, 0) is 19.1 Å². The Balaban J connectivity index is 0.000000211. The Bertz CT molecular complexity index is 612. The zero-order valence-electron chi connectivity index (χ0n) is 12.7. The second kappa shape index (κ2) is 7.74. The van der Waals surface area contributed by atoms with E-state index < -0.39 is 0 Å². The number of benzene rings is 1. The molecule has 112 valence electrons. The number of hydrogen-bond donors (Lipinski definition) is 1. The van der Waals surface area contributed by atoms with E-state index >= 15 is 0 Å². The van der Waals surface area contributed by atoms with Crippen LogP contribution in [0.5, 0.6) is 0 Å². The maximum Gasteiger partial charge on any atom is 1.00 e. The van der Waals surface area contributed by atoms with E-state index in [1.165, 1.54) is 12.1 Å². The fourth-order valence-electron chi connectivity index (χ4n) is 2.08. The summed E-state index contributed by atoms with van der Waals surface area (Å²) in [5.74, 6) is -0.642. The molecular formula is C16H15FKNO3-2. The van der Waals surface area contributed by atoms with Gasteiger partial charge in [0.05, 0.1) is 5.91 Å². The van der Waals surface area contributed by atoms with Crippen molar-refractivity contribution in [3.8, 4) is 0 Å². The van der Waals surface area contributed by atoms with Crippen LogP contribution in [0, 0.1) is 31.5 Å². The zero-order valence-corrected chi connectivity index (χ0v) is 15.8. The first kappa shape index (κ1) is 19.4. The minimum Gasteiger partial charge on any atom is -0.391 e. The summed E-state index contributed by atoms with van der Waals surface area (Å²) in [5, 5.41) is 2.30. The van der Waals surface area contributed by atoms with Crippen LogP contribution >= 0.6 is 0 Å². The Morgan fingerprint density at radius 2 is 2.00 bits per heavy atom. The first-order valence-corrected chi connectivity index (χ1v) is 6.57. The van der Waals surface area contributed by atoms with Crippen molar-refractivity contribution in [2.45, 2.75) is 26.2 Å². The molecule has 1 aliphatic carbocycles. The largest absolute Gasteiger partial charge is 1.00 e. The number of halogens is 1. The third-order valence-corrected chi connectivity index (χ3v) is 3.89. The number of piperidine rings is 1. The van der Waals surface area contributed by atoms with Crippen molar-refractivity contribution in [2.75, 3.05) is 0 Å².